The Balaban J connectivity index is 2.71. The van der Waals surface area contributed by atoms with Crippen molar-refractivity contribution >= 4 is 7.54 Å². The molecule has 1 saturated carbocycles. The first kappa shape index (κ1) is 14.2. The molecular weight excluding hydrogens is 239 g/mol. The second kappa shape index (κ2) is 4.80. The molecule has 1 unspecified atom stereocenters. The second-order valence-electron chi connectivity index (χ2n) is 5.12. The van der Waals surface area contributed by atoms with Crippen molar-refractivity contribution in [1.29, 1.82) is 0 Å². The van der Waals surface area contributed by atoms with Crippen LogP contribution in [-0.4, -0.2) is 18.5 Å². The Bertz CT molecular complexity index is 219. The Morgan fingerprint density at radius 2 is 1.62 bits per heavy atom. The Labute approximate surface area is 95.1 Å². The van der Waals surface area contributed by atoms with Gasteiger partial charge in [-0.05, 0) is 0 Å². The third kappa shape index (κ3) is 3.87. The van der Waals surface area contributed by atoms with Gasteiger partial charge in [0.25, 0.3) is 0 Å². The number of alkyl halides is 1. The summed E-state index contributed by atoms with van der Waals surface area (Å²) in [7, 11) is -6.01. The monoisotopic (exact) mass is 260 g/mol. The van der Waals surface area contributed by atoms with Crippen LogP contribution in [0.2, 0.25) is 0 Å². The average molecular weight is 260 g/mol. The summed E-state index contributed by atoms with van der Waals surface area (Å²) in [6.07, 6.45) is 1.36. The van der Waals surface area contributed by atoms with Crippen LogP contribution in [0.15, 0.2) is 0 Å². The topological polar surface area (TPSA) is 0 Å². The molecule has 0 amide bonds. The van der Waals surface area contributed by atoms with Crippen molar-refractivity contribution in [2.75, 3.05) is 6.66 Å². The minimum absolute atomic E-state index is 0.222. The molecule has 1 aliphatic rings. The number of hydrogen-bond donors (Lipinski definition) is 0. The molecule has 0 aliphatic heterocycles. The summed E-state index contributed by atoms with van der Waals surface area (Å²) in [5.74, 6) is -0.324. The third-order valence-corrected chi connectivity index (χ3v) is 5.63. The summed E-state index contributed by atoms with van der Waals surface area (Å²) in [6, 6.07) is 0. The SMILES string of the molecule is CCCC(C1CCC(F)CC1)P(C)(F)(F)F. The van der Waals surface area contributed by atoms with Gasteiger partial charge in [-0.2, -0.15) is 0 Å². The summed E-state index contributed by atoms with van der Waals surface area (Å²) in [5, 5.41) is 0. The van der Waals surface area contributed by atoms with Crippen molar-refractivity contribution in [1.82, 2.24) is 0 Å². The molecule has 0 aromatic rings. The molecule has 0 bridgehead atoms. The average Bonchev–Trinajstić information content (AvgIpc) is 2.13. The van der Waals surface area contributed by atoms with E-state index in [1.165, 1.54) is 0 Å². The van der Waals surface area contributed by atoms with Crippen LogP contribution in [0.25, 0.3) is 0 Å². The Hall–Kier alpha value is 0.150. The van der Waals surface area contributed by atoms with E-state index in [1.807, 2.05) is 0 Å². The molecule has 0 spiro atoms. The van der Waals surface area contributed by atoms with Crippen LogP contribution in [0.3, 0.4) is 0 Å². The first-order chi connectivity index (χ1) is 7.21. The quantitative estimate of drug-likeness (QED) is 0.461. The van der Waals surface area contributed by atoms with Crippen molar-refractivity contribution < 1.29 is 17.0 Å². The standard InChI is InChI=1S/C11H21F4P/c1-3-4-11(16(2,13,14)15)9-5-7-10(12)8-6-9/h9-11H,3-8H2,1-2H3. The van der Waals surface area contributed by atoms with Crippen molar-refractivity contribution in [3.8, 4) is 0 Å². The molecule has 98 valence electrons. The predicted molar refractivity (Wildman–Crippen MR) is 61.7 cm³/mol. The normalized spacial score (nSPS) is 31.8. The van der Waals surface area contributed by atoms with Crippen molar-refractivity contribution in [3.05, 3.63) is 0 Å². The molecule has 1 aliphatic carbocycles. The van der Waals surface area contributed by atoms with E-state index in [2.05, 4.69) is 0 Å². The number of halogens is 4. The Kier molecular flexibility index (Phi) is 4.26. The van der Waals surface area contributed by atoms with Gasteiger partial charge in [-0.15, -0.1) is 0 Å². The molecule has 0 aromatic heterocycles. The number of hydrogen-bond acceptors (Lipinski definition) is 0. The molecule has 0 N–H and O–H groups in total. The third-order valence-electron chi connectivity index (χ3n) is 3.54. The zero-order valence-electron chi connectivity index (χ0n) is 9.93. The molecule has 0 nitrogen and oxygen atoms in total. The predicted octanol–water partition coefficient (Wildman–Crippen LogP) is 5.52. The van der Waals surface area contributed by atoms with E-state index in [9.17, 15) is 17.0 Å². The van der Waals surface area contributed by atoms with Gasteiger partial charge >= 0.3 is 94.4 Å². The fourth-order valence-corrected chi connectivity index (χ4v) is 4.73. The van der Waals surface area contributed by atoms with E-state index in [-0.39, 0.29) is 12.3 Å². The van der Waals surface area contributed by atoms with Gasteiger partial charge in [0.15, 0.2) is 0 Å². The molecule has 1 rings (SSSR count). The van der Waals surface area contributed by atoms with Crippen LogP contribution < -0.4 is 0 Å². The molecule has 5 heteroatoms. The Morgan fingerprint density at radius 1 is 1.12 bits per heavy atom. The first-order valence-electron chi connectivity index (χ1n) is 6.01. The maximum atomic E-state index is 13.5. The van der Waals surface area contributed by atoms with Crippen molar-refractivity contribution in [3.63, 3.8) is 0 Å². The van der Waals surface area contributed by atoms with Gasteiger partial charge in [-0.25, -0.2) is 0 Å². The zero-order valence-corrected chi connectivity index (χ0v) is 10.8. The van der Waals surface area contributed by atoms with Gasteiger partial charge in [0.05, 0.1) is 0 Å². The molecule has 1 atom stereocenters. The van der Waals surface area contributed by atoms with Gasteiger partial charge in [0.2, 0.25) is 0 Å². The molecule has 0 aromatic carbocycles. The molecule has 1 fully saturated rings. The van der Waals surface area contributed by atoms with Crippen LogP contribution in [0, 0.1) is 5.92 Å². The van der Waals surface area contributed by atoms with Gasteiger partial charge < -0.3 is 0 Å². The summed E-state index contributed by atoms with van der Waals surface area (Å²) in [6.45, 7) is 2.28. The van der Waals surface area contributed by atoms with Gasteiger partial charge in [-0.3, -0.25) is 0 Å². The first-order valence-corrected chi connectivity index (χ1v) is 8.44. The van der Waals surface area contributed by atoms with E-state index < -0.39 is 19.4 Å². The summed E-state index contributed by atoms with van der Waals surface area (Å²) in [4.78, 5) is 0. The molecule has 0 saturated heterocycles. The molecule has 0 heterocycles. The van der Waals surface area contributed by atoms with Gasteiger partial charge in [0.1, 0.15) is 0 Å². The van der Waals surface area contributed by atoms with E-state index in [0.29, 0.717) is 38.8 Å². The van der Waals surface area contributed by atoms with Gasteiger partial charge in [0, 0.05) is 0 Å². The molecule has 0 radical (unpaired) electrons. The van der Waals surface area contributed by atoms with E-state index in [4.69, 9.17) is 0 Å². The fraction of sp³-hybridized carbons (Fsp3) is 1.00. The number of rotatable bonds is 4. The molecular formula is C11H21F4P. The second-order valence-corrected chi connectivity index (χ2v) is 8.28. The van der Waals surface area contributed by atoms with Crippen LogP contribution in [0.4, 0.5) is 17.0 Å². The zero-order chi connectivity index (χ0) is 12.4. The van der Waals surface area contributed by atoms with Crippen molar-refractivity contribution in [2.45, 2.75) is 57.3 Å². The minimum atomic E-state index is -6.01. The van der Waals surface area contributed by atoms with E-state index in [0.717, 1.165) is 0 Å². The van der Waals surface area contributed by atoms with Crippen LogP contribution >= 0.6 is 7.54 Å². The van der Waals surface area contributed by atoms with Crippen LogP contribution in [0.5, 0.6) is 0 Å². The fourth-order valence-electron chi connectivity index (χ4n) is 2.72. The summed E-state index contributed by atoms with van der Waals surface area (Å²) < 4.78 is 53.5. The summed E-state index contributed by atoms with van der Waals surface area (Å²) >= 11 is 0. The van der Waals surface area contributed by atoms with E-state index in [1.54, 1.807) is 6.92 Å². The van der Waals surface area contributed by atoms with Gasteiger partial charge in [-0.1, -0.05) is 0 Å². The molecule has 16 heavy (non-hydrogen) atoms. The van der Waals surface area contributed by atoms with Crippen LogP contribution in [0.1, 0.15) is 45.4 Å². The van der Waals surface area contributed by atoms with E-state index >= 15 is 0 Å². The van der Waals surface area contributed by atoms with Crippen LogP contribution in [-0.2, 0) is 0 Å². The van der Waals surface area contributed by atoms with Crippen molar-refractivity contribution in [2.24, 2.45) is 5.92 Å². The maximum absolute atomic E-state index is 13.5. The summed E-state index contributed by atoms with van der Waals surface area (Å²) in [5.41, 5.74) is -1.14. The Morgan fingerprint density at radius 3 is 2.00 bits per heavy atom.